The van der Waals surface area contributed by atoms with Crippen molar-refractivity contribution < 1.29 is 22.1 Å². The van der Waals surface area contributed by atoms with Crippen LogP contribution >= 0.6 is 13.3 Å². The molecule has 2 heterocycles. The molecule has 2 nitrogen and oxygen atoms in total. The normalized spacial score (nSPS) is 10.0. The Kier molecular flexibility index (Phi) is 6.61. The molecule has 120 valence electrons. The van der Waals surface area contributed by atoms with Crippen molar-refractivity contribution in [2.75, 3.05) is 0 Å². The van der Waals surface area contributed by atoms with Gasteiger partial charge in [0.05, 0.1) is 5.82 Å². The third kappa shape index (κ3) is 4.79. The van der Waals surface area contributed by atoms with Gasteiger partial charge in [0, 0.05) is 23.8 Å². The van der Waals surface area contributed by atoms with Crippen molar-refractivity contribution in [3.8, 4) is 22.5 Å². The van der Waals surface area contributed by atoms with Crippen LogP contribution in [0.1, 0.15) is 11.1 Å². The molecule has 5 heteroatoms. The number of benzene rings is 1. The molecular weight excluding hydrogens is 538 g/mol. The van der Waals surface area contributed by atoms with Crippen LogP contribution in [0.4, 0.5) is 4.39 Å². The fourth-order valence-electron chi connectivity index (χ4n) is 2.06. The molecule has 0 fully saturated rings. The van der Waals surface area contributed by atoms with Gasteiger partial charge >= 0.3 is 31.1 Å². The first kappa shape index (κ1) is 18.0. The van der Waals surface area contributed by atoms with Crippen LogP contribution in [-0.2, 0) is 17.8 Å². The molecule has 0 N–H and O–H groups in total. The summed E-state index contributed by atoms with van der Waals surface area (Å²) in [6.45, 7) is 3.93. The van der Waals surface area contributed by atoms with Gasteiger partial charge in [0.1, 0.15) is 0 Å². The van der Waals surface area contributed by atoms with Gasteiger partial charge in [0.25, 0.3) is 0 Å². The standard InChI is InChI=1S/C18H14FN2.BrH.Pt/c1-12-3-5-17(20-10-12)14-7-15(9-16(19)8-14)18-6-4-13(2)11-21-18;;/h3-6,8-11H,1-2H3;1H;/q-1;;+2/p-1. The van der Waals surface area contributed by atoms with Crippen molar-refractivity contribution in [3.63, 3.8) is 0 Å². The summed E-state index contributed by atoms with van der Waals surface area (Å²) in [6.07, 6.45) is 3.52. The second kappa shape index (κ2) is 8.46. The molecule has 0 saturated heterocycles. The summed E-state index contributed by atoms with van der Waals surface area (Å²) in [6, 6.07) is 13.7. The van der Waals surface area contributed by atoms with E-state index in [0.29, 0.717) is 22.5 Å². The third-order valence-corrected chi connectivity index (χ3v) is 3.21. The fourth-order valence-corrected chi connectivity index (χ4v) is 2.06. The van der Waals surface area contributed by atoms with Gasteiger partial charge in [-0.3, -0.25) is 9.97 Å². The fraction of sp³-hybridized carbons (Fsp3) is 0.111. The molecule has 3 rings (SSSR count). The molecule has 3 aromatic rings. The average Bonchev–Trinajstić information content (AvgIpc) is 2.57. The van der Waals surface area contributed by atoms with Crippen molar-refractivity contribution in [3.05, 3.63) is 71.8 Å². The maximum atomic E-state index is 13.9. The van der Waals surface area contributed by atoms with Gasteiger partial charge in [-0.1, -0.05) is 47.5 Å². The molecule has 0 spiro atoms. The molecular formula is C18H14BrFN2Pt. The summed E-state index contributed by atoms with van der Waals surface area (Å²) in [5.41, 5.74) is 4.80. The molecule has 0 radical (unpaired) electrons. The van der Waals surface area contributed by atoms with Crippen molar-refractivity contribution in [2.45, 2.75) is 13.8 Å². The van der Waals surface area contributed by atoms with E-state index in [1.807, 2.05) is 55.9 Å². The van der Waals surface area contributed by atoms with Crippen LogP contribution in [0.5, 0.6) is 0 Å². The minimum atomic E-state index is -0.316. The molecule has 0 aliphatic rings. The van der Waals surface area contributed by atoms with Crippen LogP contribution in [0.25, 0.3) is 22.5 Å². The Hall–Kier alpha value is -1.38. The molecule has 2 aromatic heterocycles. The molecule has 0 aliphatic carbocycles. The number of halogens is 2. The van der Waals surface area contributed by atoms with Gasteiger partial charge in [-0.05, 0) is 25.0 Å². The predicted octanol–water partition coefficient (Wildman–Crippen LogP) is 5.21. The van der Waals surface area contributed by atoms with Crippen LogP contribution < -0.4 is 0 Å². The monoisotopic (exact) mass is 551 g/mol. The van der Waals surface area contributed by atoms with E-state index in [0.717, 1.165) is 11.1 Å². The number of aromatic nitrogens is 2. The topological polar surface area (TPSA) is 25.8 Å². The van der Waals surface area contributed by atoms with Gasteiger partial charge < -0.3 is 0 Å². The van der Waals surface area contributed by atoms with E-state index < -0.39 is 0 Å². The van der Waals surface area contributed by atoms with Crippen LogP contribution in [0.3, 0.4) is 0 Å². The Morgan fingerprint density at radius 1 is 0.870 bits per heavy atom. The maximum absolute atomic E-state index is 13.9. The molecule has 0 amide bonds. The summed E-state index contributed by atoms with van der Waals surface area (Å²) in [7, 11) is 0. The minimum absolute atomic E-state index is 0.316. The molecule has 0 atom stereocenters. The summed E-state index contributed by atoms with van der Waals surface area (Å²) in [4.78, 5) is 8.64. The number of aryl methyl sites for hydroxylation is 2. The Bertz CT molecular complexity index is 710. The van der Waals surface area contributed by atoms with E-state index >= 15 is 0 Å². The molecule has 0 bridgehead atoms. The van der Waals surface area contributed by atoms with E-state index in [1.54, 1.807) is 12.4 Å². The number of nitrogens with zero attached hydrogens (tertiary/aromatic N) is 2. The van der Waals surface area contributed by atoms with Crippen molar-refractivity contribution >= 4 is 13.3 Å². The first-order valence-corrected chi connectivity index (χ1v) is 11.8. The second-order valence-corrected chi connectivity index (χ2v) is 5.07. The molecule has 0 saturated carbocycles. The van der Waals surface area contributed by atoms with E-state index in [2.05, 4.69) is 29.3 Å². The summed E-state index contributed by atoms with van der Waals surface area (Å²) in [5, 5.41) is 0. The van der Waals surface area contributed by atoms with Crippen LogP contribution in [0.15, 0.2) is 48.8 Å². The number of hydrogen-bond acceptors (Lipinski definition) is 2. The van der Waals surface area contributed by atoms with Gasteiger partial charge in [-0.2, -0.15) is 0 Å². The summed E-state index contributed by atoms with van der Waals surface area (Å²) < 4.78 is 13.9. The number of hydrogen-bond donors (Lipinski definition) is 0. The van der Waals surface area contributed by atoms with E-state index in [-0.39, 0.29) is 5.82 Å². The van der Waals surface area contributed by atoms with Gasteiger partial charge in [-0.15, -0.1) is 6.07 Å². The van der Waals surface area contributed by atoms with Gasteiger partial charge in [-0.25, -0.2) is 4.39 Å². The van der Waals surface area contributed by atoms with Gasteiger partial charge in [0.2, 0.25) is 0 Å². The second-order valence-electron chi connectivity index (χ2n) is 5.07. The van der Waals surface area contributed by atoms with Crippen LogP contribution in [0.2, 0.25) is 0 Å². The summed E-state index contributed by atoms with van der Waals surface area (Å²) >= 11 is 4.86. The number of pyridine rings is 2. The van der Waals surface area contributed by atoms with Crippen molar-refractivity contribution in [1.29, 1.82) is 0 Å². The first-order valence-electron chi connectivity index (χ1n) is 6.83. The van der Waals surface area contributed by atoms with Crippen LogP contribution in [0, 0.1) is 25.7 Å². The van der Waals surface area contributed by atoms with Gasteiger partial charge in [0.15, 0.2) is 0 Å². The van der Waals surface area contributed by atoms with E-state index in [4.69, 9.17) is 0 Å². The quantitative estimate of drug-likeness (QED) is 0.409. The molecule has 0 unspecified atom stereocenters. The Labute approximate surface area is 153 Å². The SMILES string of the molecule is Cc1ccc(-c2[c-]c(-c3ccc(C)cn3)cc(F)c2)nc1.[Br][Pt+]. The third-order valence-electron chi connectivity index (χ3n) is 3.21. The number of rotatable bonds is 2. The van der Waals surface area contributed by atoms with E-state index in [9.17, 15) is 4.39 Å². The first-order chi connectivity index (χ1) is 11.1. The molecule has 0 aliphatic heterocycles. The summed E-state index contributed by atoms with van der Waals surface area (Å²) in [5.74, 6) is -0.316. The average molecular weight is 552 g/mol. The molecule has 23 heavy (non-hydrogen) atoms. The zero-order chi connectivity index (χ0) is 16.8. The molecule has 1 aromatic carbocycles. The Balaban J connectivity index is 0.000000924. The zero-order valence-corrected chi connectivity index (χ0v) is 16.4. The van der Waals surface area contributed by atoms with Crippen molar-refractivity contribution in [2.24, 2.45) is 0 Å². The zero-order valence-electron chi connectivity index (χ0n) is 12.6. The Morgan fingerprint density at radius 2 is 1.30 bits per heavy atom. The van der Waals surface area contributed by atoms with Crippen LogP contribution in [-0.4, -0.2) is 9.97 Å². The predicted molar refractivity (Wildman–Crippen MR) is 90.1 cm³/mol. The Morgan fingerprint density at radius 3 is 1.65 bits per heavy atom. The van der Waals surface area contributed by atoms with E-state index in [1.165, 1.54) is 12.1 Å². The van der Waals surface area contributed by atoms with Crippen molar-refractivity contribution in [1.82, 2.24) is 9.97 Å².